The lowest BCUT2D eigenvalue weighted by atomic mass is 9.90. The number of carbonyl (C=O) groups is 1. The summed E-state index contributed by atoms with van der Waals surface area (Å²) in [7, 11) is 0. The summed E-state index contributed by atoms with van der Waals surface area (Å²) in [6.45, 7) is 2.02. The zero-order chi connectivity index (χ0) is 9.14. The highest BCUT2D eigenvalue weighted by atomic mass is 16.4. The Bertz CT molecular complexity index is 166. The molecule has 70 valence electrons. The highest BCUT2D eigenvalue weighted by Crippen LogP contribution is 2.40. The summed E-state index contributed by atoms with van der Waals surface area (Å²) in [5.41, 5.74) is 5.84. The van der Waals surface area contributed by atoms with E-state index in [1.807, 2.05) is 6.92 Å². The zero-order valence-electron chi connectivity index (χ0n) is 7.49. The van der Waals surface area contributed by atoms with Crippen molar-refractivity contribution < 1.29 is 9.90 Å². The van der Waals surface area contributed by atoms with Crippen molar-refractivity contribution in [1.29, 1.82) is 0 Å². The van der Waals surface area contributed by atoms with E-state index < -0.39 is 5.97 Å². The topological polar surface area (TPSA) is 63.3 Å². The van der Waals surface area contributed by atoms with Crippen LogP contribution in [0.3, 0.4) is 0 Å². The molecule has 0 aromatic rings. The van der Waals surface area contributed by atoms with Crippen LogP contribution < -0.4 is 5.73 Å². The molecule has 0 aromatic heterocycles. The molecule has 1 rings (SSSR count). The molecule has 0 radical (unpaired) electrons. The zero-order valence-corrected chi connectivity index (χ0v) is 7.49. The molecule has 1 saturated carbocycles. The first kappa shape index (κ1) is 9.52. The number of carboxylic acid groups (broad SMARTS) is 1. The van der Waals surface area contributed by atoms with Crippen molar-refractivity contribution in [2.24, 2.45) is 17.6 Å². The van der Waals surface area contributed by atoms with Crippen molar-refractivity contribution in [2.45, 2.75) is 38.6 Å². The maximum Gasteiger partial charge on any atom is 0.303 e. The van der Waals surface area contributed by atoms with E-state index in [0.29, 0.717) is 5.92 Å². The second-order valence-corrected chi connectivity index (χ2v) is 3.67. The van der Waals surface area contributed by atoms with Crippen LogP contribution in [0.5, 0.6) is 0 Å². The Labute approximate surface area is 72.9 Å². The quantitative estimate of drug-likeness (QED) is 0.653. The first-order valence-corrected chi connectivity index (χ1v) is 4.62. The second kappa shape index (κ2) is 3.90. The van der Waals surface area contributed by atoms with Gasteiger partial charge in [-0.05, 0) is 31.1 Å². The summed E-state index contributed by atoms with van der Waals surface area (Å²) in [6, 6.07) is 0.0774. The van der Waals surface area contributed by atoms with Crippen LogP contribution in [0.1, 0.15) is 32.6 Å². The Morgan fingerprint density at radius 2 is 2.25 bits per heavy atom. The average Bonchev–Trinajstić information content (AvgIpc) is 2.81. The molecular weight excluding hydrogens is 154 g/mol. The Hall–Kier alpha value is -0.570. The van der Waals surface area contributed by atoms with E-state index in [9.17, 15) is 4.79 Å². The fourth-order valence-corrected chi connectivity index (χ4v) is 1.70. The molecule has 1 fully saturated rings. The summed E-state index contributed by atoms with van der Waals surface area (Å²) in [4.78, 5) is 10.5. The monoisotopic (exact) mass is 171 g/mol. The smallest absolute Gasteiger partial charge is 0.303 e. The molecule has 3 heteroatoms. The van der Waals surface area contributed by atoms with Crippen molar-refractivity contribution in [2.75, 3.05) is 0 Å². The van der Waals surface area contributed by atoms with E-state index in [0.717, 1.165) is 6.42 Å². The molecule has 1 aliphatic carbocycles. The molecule has 0 bridgehead atoms. The fourth-order valence-electron chi connectivity index (χ4n) is 1.70. The van der Waals surface area contributed by atoms with Crippen molar-refractivity contribution in [3.05, 3.63) is 0 Å². The fraction of sp³-hybridized carbons (Fsp3) is 0.889. The predicted molar refractivity (Wildman–Crippen MR) is 46.7 cm³/mol. The van der Waals surface area contributed by atoms with E-state index >= 15 is 0 Å². The average molecular weight is 171 g/mol. The molecule has 0 spiro atoms. The molecule has 2 atom stereocenters. The van der Waals surface area contributed by atoms with Crippen LogP contribution in [-0.4, -0.2) is 17.1 Å². The third-order valence-electron chi connectivity index (χ3n) is 2.66. The lowest BCUT2D eigenvalue weighted by Gasteiger charge is -2.20. The van der Waals surface area contributed by atoms with Crippen molar-refractivity contribution in [1.82, 2.24) is 0 Å². The highest BCUT2D eigenvalue weighted by molar-refractivity contribution is 5.67. The van der Waals surface area contributed by atoms with Crippen molar-refractivity contribution >= 4 is 5.97 Å². The van der Waals surface area contributed by atoms with Crippen LogP contribution in [0.15, 0.2) is 0 Å². The molecule has 2 unspecified atom stereocenters. The Morgan fingerprint density at radius 1 is 1.67 bits per heavy atom. The molecular formula is C9H17NO2. The molecule has 3 N–H and O–H groups in total. The van der Waals surface area contributed by atoms with Crippen LogP contribution >= 0.6 is 0 Å². The molecule has 0 amide bonds. The summed E-state index contributed by atoms with van der Waals surface area (Å²) in [5.74, 6) is 0.0966. The second-order valence-electron chi connectivity index (χ2n) is 3.67. The van der Waals surface area contributed by atoms with Crippen LogP contribution in [-0.2, 0) is 4.79 Å². The van der Waals surface area contributed by atoms with Gasteiger partial charge in [-0.25, -0.2) is 0 Å². The standard InChI is InChI=1S/C9H17NO2/c1-2-8(10)7(5-9(11)12)6-3-4-6/h6-8H,2-5,10H2,1H3,(H,11,12). The normalized spacial score (nSPS) is 21.8. The number of aliphatic carboxylic acids is 1. The van der Waals surface area contributed by atoms with E-state index in [1.54, 1.807) is 0 Å². The lowest BCUT2D eigenvalue weighted by molar-refractivity contribution is -0.138. The molecule has 12 heavy (non-hydrogen) atoms. The third-order valence-corrected chi connectivity index (χ3v) is 2.66. The number of nitrogens with two attached hydrogens (primary N) is 1. The van der Waals surface area contributed by atoms with E-state index in [4.69, 9.17) is 10.8 Å². The number of rotatable bonds is 5. The van der Waals surface area contributed by atoms with Crippen LogP contribution in [0.2, 0.25) is 0 Å². The van der Waals surface area contributed by atoms with Gasteiger partial charge in [0.1, 0.15) is 0 Å². The lowest BCUT2D eigenvalue weighted by Crippen LogP contribution is -2.32. The van der Waals surface area contributed by atoms with Gasteiger partial charge in [0, 0.05) is 12.5 Å². The Balaban J connectivity index is 2.42. The first-order valence-electron chi connectivity index (χ1n) is 4.62. The van der Waals surface area contributed by atoms with Gasteiger partial charge >= 0.3 is 5.97 Å². The van der Waals surface area contributed by atoms with Crippen molar-refractivity contribution in [3.63, 3.8) is 0 Å². The number of hydrogen-bond donors (Lipinski definition) is 2. The maximum atomic E-state index is 10.5. The highest BCUT2D eigenvalue weighted by Gasteiger charge is 2.35. The minimum atomic E-state index is -0.712. The molecule has 0 saturated heterocycles. The van der Waals surface area contributed by atoms with E-state index in [2.05, 4.69) is 0 Å². The number of carboxylic acids is 1. The minimum absolute atomic E-state index is 0.0774. The summed E-state index contributed by atoms with van der Waals surface area (Å²) in [5, 5.41) is 8.65. The Kier molecular flexibility index (Phi) is 3.09. The largest absolute Gasteiger partial charge is 0.481 e. The third kappa shape index (κ3) is 2.48. The van der Waals surface area contributed by atoms with Gasteiger partial charge in [0.05, 0.1) is 0 Å². The predicted octanol–water partition coefficient (Wildman–Crippen LogP) is 1.22. The van der Waals surface area contributed by atoms with Gasteiger partial charge in [-0.2, -0.15) is 0 Å². The van der Waals surface area contributed by atoms with Gasteiger partial charge in [0.25, 0.3) is 0 Å². The van der Waals surface area contributed by atoms with Gasteiger partial charge in [-0.3, -0.25) is 4.79 Å². The summed E-state index contributed by atoms with van der Waals surface area (Å²) < 4.78 is 0. The Morgan fingerprint density at radius 3 is 2.58 bits per heavy atom. The number of hydrogen-bond acceptors (Lipinski definition) is 2. The molecule has 1 aliphatic rings. The van der Waals surface area contributed by atoms with Gasteiger partial charge in [-0.15, -0.1) is 0 Å². The van der Waals surface area contributed by atoms with E-state index in [1.165, 1.54) is 12.8 Å². The van der Waals surface area contributed by atoms with Crippen LogP contribution in [0.4, 0.5) is 0 Å². The summed E-state index contributed by atoms with van der Waals surface area (Å²) >= 11 is 0. The maximum absolute atomic E-state index is 10.5. The van der Waals surface area contributed by atoms with Crippen LogP contribution in [0, 0.1) is 11.8 Å². The van der Waals surface area contributed by atoms with Gasteiger partial charge in [-0.1, -0.05) is 6.92 Å². The molecule has 3 nitrogen and oxygen atoms in total. The molecule has 0 heterocycles. The van der Waals surface area contributed by atoms with Crippen LogP contribution in [0.25, 0.3) is 0 Å². The van der Waals surface area contributed by atoms with Gasteiger partial charge in [0.2, 0.25) is 0 Å². The molecule has 0 aromatic carbocycles. The van der Waals surface area contributed by atoms with Gasteiger partial charge < -0.3 is 10.8 Å². The summed E-state index contributed by atoms with van der Waals surface area (Å²) in [6.07, 6.45) is 3.48. The van der Waals surface area contributed by atoms with Gasteiger partial charge in [0.15, 0.2) is 0 Å². The SMILES string of the molecule is CCC(N)C(CC(=O)O)C1CC1. The molecule has 0 aliphatic heterocycles. The van der Waals surface area contributed by atoms with Crippen molar-refractivity contribution in [3.8, 4) is 0 Å². The first-order chi connectivity index (χ1) is 5.65. The minimum Gasteiger partial charge on any atom is -0.481 e. The van der Waals surface area contributed by atoms with E-state index in [-0.39, 0.29) is 18.4 Å².